The largest absolute Gasteiger partial charge is 0.411 e. The molecule has 33 heavy (non-hydrogen) atoms. The number of hydrogen-bond donors (Lipinski definition) is 1. The zero-order valence-electron chi connectivity index (χ0n) is 22.7. The molecule has 0 spiro atoms. The van der Waals surface area contributed by atoms with Crippen LogP contribution in [0.15, 0.2) is 30.3 Å². The Bertz CT molecular complexity index is 797. The van der Waals surface area contributed by atoms with Crippen molar-refractivity contribution in [2.24, 2.45) is 0 Å². The maximum absolute atomic E-state index is 11.3. The Hall–Kier alpha value is -0.506. The molecule has 1 aromatic carbocycles. The van der Waals surface area contributed by atoms with Crippen molar-refractivity contribution in [2.45, 2.75) is 134 Å². The first-order chi connectivity index (χ1) is 15.0. The fourth-order valence-electron chi connectivity index (χ4n) is 4.48. The van der Waals surface area contributed by atoms with E-state index in [1.165, 1.54) is 0 Å². The van der Waals surface area contributed by atoms with E-state index in [4.69, 9.17) is 13.6 Å². The number of epoxide rings is 1. The third-order valence-corrected chi connectivity index (χ3v) is 17.9. The van der Waals surface area contributed by atoms with Crippen LogP contribution in [0.3, 0.4) is 0 Å². The SMILES string of the molecule is CC(C)(C)[Si](C)(C)O[C@H]1CC[C@H]2O[C@@]2(C(O)c2ccccc2)CC[C@H]1O[Si](C)(C)C(C)(C)C. The van der Waals surface area contributed by atoms with Gasteiger partial charge in [0, 0.05) is 0 Å². The number of aliphatic hydroxyl groups excluding tert-OH is 1. The minimum Gasteiger partial charge on any atom is -0.411 e. The van der Waals surface area contributed by atoms with Gasteiger partial charge >= 0.3 is 0 Å². The fourth-order valence-corrected chi connectivity index (χ4v) is 7.24. The first-order valence-corrected chi connectivity index (χ1v) is 18.6. The Labute approximate surface area is 204 Å². The minimum atomic E-state index is -1.99. The van der Waals surface area contributed by atoms with Crippen molar-refractivity contribution < 1.29 is 18.7 Å². The van der Waals surface area contributed by atoms with Gasteiger partial charge in [0.2, 0.25) is 0 Å². The quantitative estimate of drug-likeness (QED) is 0.336. The Balaban J connectivity index is 1.86. The zero-order valence-corrected chi connectivity index (χ0v) is 24.7. The van der Waals surface area contributed by atoms with Crippen molar-refractivity contribution in [1.82, 2.24) is 0 Å². The van der Waals surface area contributed by atoms with Crippen LogP contribution in [0, 0.1) is 0 Å². The summed E-state index contributed by atoms with van der Waals surface area (Å²) in [6.45, 7) is 23.1. The van der Waals surface area contributed by atoms with Gasteiger partial charge in [-0.15, -0.1) is 0 Å². The molecule has 4 nitrogen and oxygen atoms in total. The van der Waals surface area contributed by atoms with E-state index in [0.717, 1.165) is 31.2 Å². The minimum absolute atomic E-state index is 0.0324. The van der Waals surface area contributed by atoms with Gasteiger partial charge in [-0.2, -0.15) is 0 Å². The second kappa shape index (κ2) is 9.18. The van der Waals surface area contributed by atoms with Crippen LogP contribution in [0.2, 0.25) is 36.3 Å². The smallest absolute Gasteiger partial charge is 0.192 e. The van der Waals surface area contributed by atoms with Gasteiger partial charge < -0.3 is 18.7 Å². The van der Waals surface area contributed by atoms with E-state index in [0.29, 0.717) is 0 Å². The standard InChI is InChI=1S/C27H48O4Si2/c1-25(2,3)32(7,8)30-21-16-17-23-27(29-23,24(28)20-14-12-11-13-15-20)19-18-22(21)31-33(9,10)26(4,5)6/h11-15,21-24,28H,16-19H2,1-10H3/t21-,22+,23+,24?,27-/m0/s1. The van der Waals surface area contributed by atoms with Gasteiger partial charge in [0.25, 0.3) is 0 Å². The molecule has 1 saturated carbocycles. The van der Waals surface area contributed by atoms with Gasteiger partial charge in [-0.05, 0) is 67.5 Å². The lowest BCUT2D eigenvalue weighted by molar-refractivity contribution is 0.00571. The number of rotatable bonds is 6. The number of aliphatic hydroxyl groups is 1. The van der Waals surface area contributed by atoms with Crippen LogP contribution in [-0.4, -0.2) is 45.7 Å². The summed E-state index contributed by atoms with van der Waals surface area (Å²) < 4.78 is 20.4. The first-order valence-electron chi connectivity index (χ1n) is 12.8. The zero-order chi connectivity index (χ0) is 24.9. The number of ether oxygens (including phenoxy) is 1. The molecule has 0 radical (unpaired) electrons. The van der Waals surface area contributed by atoms with E-state index in [-0.39, 0.29) is 28.4 Å². The van der Waals surface area contributed by atoms with E-state index >= 15 is 0 Å². The molecule has 5 atom stereocenters. The van der Waals surface area contributed by atoms with Crippen molar-refractivity contribution in [3.8, 4) is 0 Å². The molecular formula is C27H48O4Si2. The summed E-state index contributed by atoms with van der Waals surface area (Å²) >= 11 is 0. The molecule has 0 bridgehead atoms. The summed E-state index contributed by atoms with van der Waals surface area (Å²) in [7, 11) is -3.94. The Morgan fingerprint density at radius 1 is 0.848 bits per heavy atom. The summed E-state index contributed by atoms with van der Waals surface area (Å²) in [6, 6.07) is 9.97. The van der Waals surface area contributed by atoms with E-state index in [9.17, 15) is 5.11 Å². The molecule has 3 rings (SSSR count). The van der Waals surface area contributed by atoms with E-state index in [2.05, 4.69) is 67.7 Å². The normalized spacial score (nSPS) is 30.2. The first kappa shape index (κ1) is 27.1. The summed E-state index contributed by atoms with van der Waals surface area (Å²) in [5, 5.41) is 11.6. The highest BCUT2D eigenvalue weighted by Crippen LogP contribution is 2.54. The highest BCUT2D eigenvalue weighted by Gasteiger charge is 2.62. The monoisotopic (exact) mass is 492 g/mol. The van der Waals surface area contributed by atoms with Crippen LogP contribution in [0.25, 0.3) is 0 Å². The van der Waals surface area contributed by atoms with Crippen LogP contribution in [0.4, 0.5) is 0 Å². The fraction of sp³-hybridized carbons (Fsp3) is 0.778. The average molecular weight is 493 g/mol. The van der Waals surface area contributed by atoms with Gasteiger partial charge in [-0.1, -0.05) is 71.9 Å². The lowest BCUT2D eigenvalue weighted by Crippen LogP contribution is -2.52. The predicted molar refractivity (Wildman–Crippen MR) is 142 cm³/mol. The molecular weight excluding hydrogens is 444 g/mol. The molecule has 1 saturated heterocycles. The highest BCUT2D eigenvalue weighted by atomic mass is 28.4. The van der Waals surface area contributed by atoms with Gasteiger partial charge in [-0.25, -0.2) is 0 Å². The Morgan fingerprint density at radius 2 is 1.33 bits per heavy atom. The van der Waals surface area contributed by atoms with Gasteiger partial charge in [0.05, 0.1) is 18.3 Å². The molecule has 0 amide bonds. The topological polar surface area (TPSA) is 51.2 Å². The second-order valence-electron chi connectivity index (χ2n) is 13.3. The molecule has 2 fully saturated rings. The van der Waals surface area contributed by atoms with Crippen LogP contribution in [0.5, 0.6) is 0 Å². The molecule has 0 aromatic heterocycles. The highest BCUT2D eigenvalue weighted by molar-refractivity contribution is 6.74. The van der Waals surface area contributed by atoms with Gasteiger partial charge in [0.15, 0.2) is 16.6 Å². The molecule has 1 aliphatic heterocycles. The van der Waals surface area contributed by atoms with E-state index in [1.807, 2.05) is 30.3 Å². The van der Waals surface area contributed by atoms with Crippen molar-refractivity contribution in [3.05, 3.63) is 35.9 Å². The molecule has 2 aliphatic rings. The molecule has 1 aliphatic carbocycles. The van der Waals surface area contributed by atoms with Gasteiger partial charge in [-0.3, -0.25) is 0 Å². The molecule has 1 N–H and O–H groups in total. The number of hydrogen-bond acceptors (Lipinski definition) is 4. The lowest BCUT2D eigenvalue weighted by Gasteiger charge is -2.46. The third-order valence-electron chi connectivity index (χ3n) is 8.88. The van der Waals surface area contributed by atoms with Crippen molar-refractivity contribution in [1.29, 1.82) is 0 Å². The lowest BCUT2D eigenvalue weighted by atomic mass is 9.83. The van der Waals surface area contributed by atoms with Crippen LogP contribution in [0.1, 0.15) is 78.9 Å². The van der Waals surface area contributed by atoms with Crippen molar-refractivity contribution in [2.75, 3.05) is 0 Å². The summed E-state index contributed by atoms with van der Waals surface area (Å²) in [6.07, 6.45) is 3.07. The van der Waals surface area contributed by atoms with E-state index < -0.39 is 28.3 Å². The third kappa shape index (κ3) is 5.67. The molecule has 1 aromatic rings. The summed E-state index contributed by atoms with van der Waals surface area (Å²) in [4.78, 5) is 0. The predicted octanol–water partition coefficient (Wildman–Crippen LogP) is 7.21. The van der Waals surface area contributed by atoms with Crippen LogP contribution in [-0.2, 0) is 13.6 Å². The maximum atomic E-state index is 11.3. The van der Waals surface area contributed by atoms with Crippen molar-refractivity contribution in [3.63, 3.8) is 0 Å². The summed E-state index contributed by atoms with van der Waals surface area (Å²) in [5.74, 6) is 0. The average Bonchev–Trinajstić information content (AvgIpc) is 3.39. The number of fused-ring (bicyclic) bond motifs is 1. The van der Waals surface area contributed by atoms with Crippen molar-refractivity contribution >= 4 is 16.6 Å². The molecule has 1 heterocycles. The van der Waals surface area contributed by atoms with Gasteiger partial charge in [0.1, 0.15) is 11.7 Å². The van der Waals surface area contributed by atoms with Crippen LogP contribution < -0.4 is 0 Å². The molecule has 1 unspecified atom stereocenters. The maximum Gasteiger partial charge on any atom is 0.192 e. The molecule has 188 valence electrons. The Kier molecular flexibility index (Phi) is 7.53. The Morgan fingerprint density at radius 3 is 1.82 bits per heavy atom. The van der Waals surface area contributed by atoms with Crippen LogP contribution >= 0.6 is 0 Å². The molecule has 6 heteroatoms. The second-order valence-corrected chi connectivity index (χ2v) is 22.8. The number of benzene rings is 1. The van der Waals surface area contributed by atoms with E-state index in [1.54, 1.807) is 0 Å². The summed E-state index contributed by atoms with van der Waals surface area (Å²) in [5.41, 5.74) is 0.453.